The van der Waals surface area contributed by atoms with E-state index in [9.17, 15) is 9.90 Å². The number of rotatable bonds is 3. The van der Waals surface area contributed by atoms with Crippen LogP contribution in [0.4, 0.5) is 4.79 Å². The van der Waals surface area contributed by atoms with Gasteiger partial charge < -0.3 is 15.2 Å². The maximum Gasteiger partial charge on any atom is 0.407 e. The minimum absolute atomic E-state index is 0.372. The van der Waals surface area contributed by atoms with Crippen LogP contribution in [0.5, 0.6) is 0 Å². The molecule has 1 saturated carbocycles. The second kappa shape index (κ2) is 7.51. The van der Waals surface area contributed by atoms with Gasteiger partial charge in [0.15, 0.2) is 0 Å². The van der Waals surface area contributed by atoms with Crippen molar-refractivity contribution in [3.8, 4) is 0 Å². The lowest BCUT2D eigenvalue weighted by Crippen LogP contribution is -2.46. The Morgan fingerprint density at radius 2 is 2.08 bits per heavy atom. The van der Waals surface area contributed by atoms with E-state index in [-0.39, 0.29) is 5.41 Å². The predicted octanol–water partition coefficient (Wildman–Crippen LogP) is 4.69. The molecule has 2 unspecified atom stereocenters. The molecular weight excluding hydrogens is 349 g/mol. The first-order chi connectivity index (χ1) is 11.1. The van der Waals surface area contributed by atoms with Crippen LogP contribution in [0.2, 0.25) is 10.0 Å². The van der Waals surface area contributed by atoms with Crippen molar-refractivity contribution in [2.45, 2.75) is 63.6 Å². The number of ether oxygens (including phenoxy) is 1. The largest absolute Gasteiger partial charge is 0.444 e. The van der Waals surface area contributed by atoms with Crippen LogP contribution >= 0.6 is 23.2 Å². The van der Waals surface area contributed by atoms with Crippen molar-refractivity contribution in [3.05, 3.63) is 33.8 Å². The monoisotopic (exact) mass is 373 g/mol. The van der Waals surface area contributed by atoms with E-state index >= 15 is 0 Å². The quantitative estimate of drug-likeness (QED) is 0.807. The highest BCUT2D eigenvalue weighted by Crippen LogP contribution is 2.41. The molecule has 1 amide bonds. The summed E-state index contributed by atoms with van der Waals surface area (Å²) in [7, 11) is 0. The van der Waals surface area contributed by atoms with Crippen LogP contribution in [0.3, 0.4) is 0 Å². The van der Waals surface area contributed by atoms with E-state index in [4.69, 9.17) is 27.9 Å². The van der Waals surface area contributed by atoms with E-state index in [1.807, 2.05) is 32.9 Å². The lowest BCUT2D eigenvalue weighted by molar-refractivity contribution is 0.0464. The van der Waals surface area contributed by atoms with Gasteiger partial charge in [0.25, 0.3) is 0 Å². The molecule has 1 fully saturated rings. The maximum absolute atomic E-state index is 12.0. The van der Waals surface area contributed by atoms with Crippen molar-refractivity contribution in [2.24, 2.45) is 0 Å². The van der Waals surface area contributed by atoms with E-state index in [2.05, 4.69) is 5.32 Å². The second-order valence-electron chi connectivity index (χ2n) is 7.51. The minimum Gasteiger partial charge on any atom is -0.444 e. The highest BCUT2D eigenvalue weighted by Gasteiger charge is 2.38. The van der Waals surface area contributed by atoms with Gasteiger partial charge in [0.1, 0.15) is 5.60 Å². The highest BCUT2D eigenvalue weighted by atomic mass is 35.5. The van der Waals surface area contributed by atoms with Crippen LogP contribution in [-0.2, 0) is 10.2 Å². The molecule has 0 aromatic heterocycles. The summed E-state index contributed by atoms with van der Waals surface area (Å²) >= 11 is 12.2. The average molecular weight is 374 g/mol. The van der Waals surface area contributed by atoms with Crippen LogP contribution in [0, 0.1) is 0 Å². The maximum atomic E-state index is 12.0. The molecule has 0 aliphatic heterocycles. The number of benzene rings is 1. The average Bonchev–Trinajstić information content (AvgIpc) is 2.46. The molecule has 0 bridgehead atoms. The molecule has 0 spiro atoms. The molecule has 2 rings (SSSR count). The fourth-order valence-corrected chi connectivity index (χ4v) is 3.54. The van der Waals surface area contributed by atoms with Gasteiger partial charge in [0.2, 0.25) is 0 Å². The Morgan fingerprint density at radius 1 is 1.38 bits per heavy atom. The van der Waals surface area contributed by atoms with Gasteiger partial charge in [-0.25, -0.2) is 4.79 Å². The molecule has 0 radical (unpaired) electrons. The Bertz CT molecular complexity index is 600. The third kappa shape index (κ3) is 5.01. The molecule has 1 aromatic rings. The number of hydrogen-bond acceptors (Lipinski definition) is 3. The van der Waals surface area contributed by atoms with Gasteiger partial charge in [-0.05, 0) is 64.2 Å². The Hall–Kier alpha value is -0.970. The van der Waals surface area contributed by atoms with E-state index < -0.39 is 17.8 Å². The standard InChI is InChI=1S/C18H25Cl2NO3/c1-17(2,3)24-16(23)21-11-18(8-4-5-13(22)10-18)12-6-7-14(19)15(20)9-12/h6-7,9,13,22H,4-5,8,10-11H2,1-3H3,(H,21,23). The van der Waals surface area contributed by atoms with E-state index in [1.165, 1.54) is 0 Å². The number of aliphatic hydroxyl groups is 1. The molecule has 2 atom stereocenters. The summed E-state index contributed by atoms with van der Waals surface area (Å²) in [4.78, 5) is 12.0. The van der Waals surface area contributed by atoms with Crippen LogP contribution in [0.15, 0.2) is 18.2 Å². The first-order valence-corrected chi connectivity index (χ1v) is 8.97. The predicted molar refractivity (Wildman–Crippen MR) is 96.9 cm³/mol. The molecule has 1 aromatic carbocycles. The lowest BCUT2D eigenvalue weighted by atomic mass is 9.68. The van der Waals surface area contributed by atoms with Crippen molar-refractivity contribution in [1.82, 2.24) is 5.32 Å². The van der Waals surface area contributed by atoms with Crippen molar-refractivity contribution < 1.29 is 14.6 Å². The Balaban J connectivity index is 2.21. The molecule has 4 nitrogen and oxygen atoms in total. The SMILES string of the molecule is CC(C)(C)OC(=O)NCC1(c2ccc(Cl)c(Cl)c2)CCCC(O)C1. The summed E-state index contributed by atoms with van der Waals surface area (Å²) in [6.07, 6.45) is 2.24. The topological polar surface area (TPSA) is 58.6 Å². The van der Waals surface area contributed by atoms with Gasteiger partial charge in [-0.15, -0.1) is 0 Å². The van der Waals surface area contributed by atoms with Gasteiger partial charge in [-0.2, -0.15) is 0 Å². The second-order valence-corrected chi connectivity index (χ2v) is 8.33. The normalized spacial score (nSPS) is 24.5. The zero-order chi connectivity index (χ0) is 18.0. The van der Waals surface area contributed by atoms with Gasteiger partial charge in [-0.1, -0.05) is 29.3 Å². The number of alkyl carbamates (subject to hydrolysis) is 1. The number of carbonyl (C=O) groups is 1. The van der Waals surface area contributed by atoms with Crippen LogP contribution < -0.4 is 5.32 Å². The number of carbonyl (C=O) groups excluding carboxylic acids is 1. The first-order valence-electron chi connectivity index (χ1n) is 8.22. The fourth-order valence-electron chi connectivity index (χ4n) is 3.24. The summed E-state index contributed by atoms with van der Waals surface area (Å²) in [6.45, 7) is 5.86. The number of hydrogen-bond donors (Lipinski definition) is 2. The van der Waals surface area contributed by atoms with Gasteiger partial charge in [0, 0.05) is 12.0 Å². The van der Waals surface area contributed by atoms with Crippen molar-refractivity contribution in [3.63, 3.8) is 0 Å². The summed E-state index contributed by atoms with van der Waals surface area (Å²) in [6, 6.07) is 5.51. The van der Waals surface area contributed by atoms with Crippen LogP contribution in [0.25, 0.3) is 0 Å². The molecule has 1 aliphatic rings. The van der Waals surface area contributed by atoms with Gasteiger partial charge in [0.05, 0.1) is 16.1 Å². The number of amides is 1. The summed E-state index contributed by atoms with van der Waals surface area (Å²) in [5.74, 6) is 0. The van der Waals surface area contributed by atoms with Crippen LogP contribution in [0.1, 0.15) is 52.0 Å². The summed E-state index contributed by atoms with van der Waals surface area (Å²) in [5.41, 5.74) is 0.0575. The molecule has 1 aliphatic carbocycles. The Kier molecular flexibility index (Phi) is 6.05. The minimum atomic E-state index is -0.549. The molecular formula is C18H25Cl2NO3. The zero-order valence-corrected chi connectivity index (χ0v) is 15.9. The van der Waals surface area contributed by atoms with Crippen LogP contribution in [-0.4, -0.2) is 29.4 Å². The number of nitrogens with one attached hydrogen (secondary N) is 1. The molecule has 24 heavy (non-hydrogen) atoms. The highest BCUT2D eigenvalue weighted by molar-refractivity contribution is 6.42. The van der Waals surface area contributed by atoms with E-state index in [1.54, 1.807) is 6.07 Å². The number of halogens is 2. The van der Waals surface area contributed by atoms with Crippen molar-refractivity contribution in [1.29, 1.82) is 0 Å². The van der Waals surface area contributed by atoms with E-state index in [0.717, 1.165) is 24.8 Å². The lowest BCUT2D eigenvalue weighted by Gasteiger charge is -2.40. The van der Waals surface area contributed by atoms with Gasteiger partial charge in [-0.3, -0.25) is 0 Å². The molecule has 0 saturated heterocycles. The number of aliphatic hydroxyl groups excluding tert-OH is 1. The molecule has 2 N–H and O–H groups in total. The third-order valence-corrected chi connectivity index (χ3v) is 5.06. The van der Waals surface area contributed by atoms with E-state index in [0.29, 0.717) is 23.0 Å². The van der Waals surface area contributed by atoms with Gasteiger partial charge >= 0.3 is 6.09 Å². The fraction of sp³-hybridized carbons (Fsp3) is 0.611. The summed E-state index contributed by atoms with van der Waals surface area (Å²) in [5, 5.41) is 14.0. The van der Waals surface area contributed by atoms with Crippen molar-refractivity contribution >= 4 is 29.3 Å². The zero-order valence-electron chi connectivity index (χ0n) is 14.4. The smallest absolute Gasteiger partial charge is 0.407 e. The van der Waals surface area contributed by atoms with Crippen molar-refractivity contribution in [2.75, 3.05) is 6.54 Å². The molecule has 134 valence electrons. The Labute approximate surface area is 153 Å². The summed E-state index contributed by atoms with van der Waals surface area (Å²) < 4.78 is 5.32. The molecule has 0 heterocycles. The first kappa shape index (κ1) is 19.4. The third-order valence-electron chi connectivity index (χ3n) is 4.32. The Morgan fingerprint density at radius 3 is 2.67 bits per heavy atom. The molecule has 6 heteroatoms.